The van der Waals surface area contributed by atoms with Crippen molar-refractivity contribution in [2.75, 3.05) is 6.61 Å². The van der Waals surface area contributed by atoms with Crippen LogP contribution < -0.4 is 4.74 Å². The van der Waals surface area contributed by atoms with E-state index in [4.69, 9.17) is 4.74 Å². The molecule has 0 N–H and O–H groups in total. The van der Waals surface area contributed by atoms with E-state index in [1.165, 1.54) is 5.56 Å². The highest BCUT2D eigenvalue weighted by Gasteiger charge is 2.26. The molecule has 0 aliphatic heterocycles. The van der Waals surface area contributed by atoms with Crippen molar-refractivity contribution in [2.24, 2.45) is 0 Å². The molecule has 0 saturated carbocycles. The number of rotatable bonds is 6. The van der Waals surface area contributed by atoms with Crippen LogP contribution in [0.4, 0.5) is 0 Å². The van der Waals surface area contributed by atoms with Crippen molar-refractivity contribution in [3.8, 4) is 5.75 Å². The molecule has 0 bridgehead atoms. The van der Waals surface area contributed by atoms with Gasteiger partial charge in [-0.2, -0.15) is 0 Å². The van der Waals surface area contributed by atoms with Gasteiger partial charge in [0.2, 0.25) is 0 Å². The van der Waals surface area contributed by atoms with E-state index in [1.807, 2.05) is 68.1 Å². The quantitative estimate of drug-likeness (QED) is 0.740. The topological polar surface area (TPSA) is 29.5 Å². The number of ether oxygens (including phenoxy) is 1. The molecule has 25 heavy (non-hydrogen) atoms. The predicted molar refractivity (Wildman–Crippen MR) is 103 cm³/mol. The van der Waals surface area contributed by atoms with Crippen molar-refractivity contribution in [2.45, 2.75) is 52.6 Å². The molecule has 1 amide bonds. The Morgan fingerprint density at radius 1 is 1.00 bits per heavy atom. The van der Waals surface area contributed by atoms with Gasteiger partial charge in [-0.1, -0.05) is 56.3 Å². The summed E-state index contributed by atoms with van der Waals surface area (Å²) in [5.74, 6) is 1.20. The van der Waals surface area contributed by atoms with Crippen LogP contribution in [0.15, 0.2) is 54.6 Å². The lowest BCUT2D eigenvalue weighted by Crippen LogP contribution is -2.47. The molecule has 2 aromatic carbocycles. The summed E-state index contributed by atoms with van der Waals surface area (Å²) >= 11 is 0. The number of hydrogen-bond acceptors (Lipinski definition) is 2. The molecule has 3 heteroatoms. The fourth-order valence-corrected chi connectivity index (χ4v) is 2.64. The minimum absolute atomic E-state index is 0.00992. The van der Waals surface area contributed by atoms with Gasteiger partial charge in [0.05, 0.1) is 0 Å². The van der Waals surface area contributed by atoms with Gasteiger partial charge in [-0.15, -0.1) is 0 Å². The third-order valence-corrected chi connectivity index (χ3v) is 4.20. The summed E-state index contributed by atoms with van der Waals surface area (Å²) in [4.78, 5) is 14.6. The van der Waals surface area contributed by atoms with Gasteiger partial charge >= 0.3 is 0 Å². The number of benzene rings is 2. The predicted octanol–water partition coefficient (Wildman–Crippen LogP) is 5.02. The van der Waals surface area contributed by atoms with Gasteiger partial charge in [0.25, 0.3) is 5.91 Å². The number of amides is 1. The van der Waals surface area contributed by atoms with Crippen LogP contribution in [-0.2, 0) is 11.3 Å². The normalized spacial score (nSPS) is 11.4. The van der Waals surface area contributed by atoms with Gasteiger partial charge < -0.3 is 9.64 Å². The van der Waals surface area contributed by atoms with E-state index >= 15 is 0 Å². The zero-order chi connectivity index (χ0) is 18.4. The molecule has 134 valence electrons. The summed E-state index contributed by atoms with van der Waals surface area (Å²) < 4.78 is 5.73. The fourth-order valence-electron chi connectivity index (χ4n) is 2.64. The molecule has 0 saturated heterocycles. The zero-order valence-corrected chi connectivity index (χ0v) is 16.0. The van der Waals surface area contributed by atoms with Crippen molar-refractivity contribution in [1.82, 2.24) is 4.90 Å². The van der Waals surface area contributed by atoms with Gasteiger partial charge in [-0.25, -0.2) is 0 Å². The maximum absolute atomic E-state index is 12.7. The lowest BCUT2D eigenvalue weighted by molar-refractivity contribution is -0.139. The number of nitrogens with zero attached hydrogens (tertiary/aromatic N) is 1. The monoisotopic (exact) mass is 339 g/mol. The van der Waals surface area contributed by atoms with Gasteiger partial charge in [-0.3, -0.25) is 4.79 Å². The molecule has 0 unspecified atom stereocenters. The largest absolute Gasteiger partial charge is 0.484 e. The lowest BCUT2D eigenvalue weighted by atomic mass is 10.0. The van der Waals surface area contributed by atoms with E-state index in [0.29, 0.717) is 12.5 Å². The average molecular weight is 339 g/mol. The van der Waals surface area contributed by atoms with E-state index in [2.05, 4.69) is 26.0 Å². The maximum Gasteiger partial charge on any atom is 0.261 e. The Kier molecular flexibility index (Phi) is 6.24. The standard InChI is InChI=1S/C22H29NO2/c1-17(2)19-11-13-20(14-12-19)25-16-21(24)23(22(3,4)5)15-18-9-7-6-8-10-18/h6-14,17H,15-16H2,1-5H3. The second-order valence-electron chi connectivity index (χ2n) is 7.65. The highest BCUT2D eigenvalue weighted by molar-refractivity contribution is 5.78. The summed E-state index contributed by atoms with van der Waals surface area (Å²) in [5.41, 5.74) is 2.11. The molecule has 0 aliphatic carbocycles. The van der Waals surface area contributed by atoms with E-state index in [-0.39, 0.29) is 18.1 Å². The molecule has 0 aromatic heterocycles. The Hall–Kier alpha value is -2.29. The Morgan fingerprint density at radius 2 is 1.60 bits per heavy atom. The molecule has 2 rings (SSSR count). The van der Waals surface area contributed by atoms with Crippen LogP contribution in [0.5, 0.6) is 5.75 Å². The maximum atomic E-state index is 12.7. The number of hydrogen-bond donors (Lipinski definition) is 0. The van der Waals surface area contributed by atoms with Crippen LogP contribution in [0.1, 0.15) is 51.7 Å². The van der Waals surface area contributed by atoms with Gasteiger partial charge in [0.1, 0.15) is 5.75 Å². The molecule has 0 fully saturated rings. The summed E-state index contributed by atoms with van der Waals surface area (Å²) in [6.45, 7) is 11.1. The van der Waals surface area contributed by atoms with Crippen molar-refractivity contribution in [3.63, 3.8) is 0 Å². The first kappa shape index (κ1) is 19.0. The van der Waals surface area contributed by atoms with Crippen LogP contribution in [-0.4, -0.2) is 23.0 Å². The minimum atomic E-state index is -0.266. The Labute approximate surface area is 151 Å². The van der Waals surface area contributed by atoms with Crippen LogP contribution in [0, 0.1) is 0 Å². The van der Waals surface area contributed by atoms with Crippen molar-refractivity contribution >= 4 is 5.91 Å². The second kappa shape index (κ2) is 8.19. The van der Waals surface area contributed by atoms with Gasteiger partial charge in [0, 0.05) is 12.1 Å². The summed E-state index contributed by atoms with van der Waals surface area (Å²) in [5, 5.41) is 0. The van der Waals surface area contributed by atoms with E-state index in [1.54, 1.807) is 0 Å². The number of carbonyl (C=O) groups excluding carboxylic acids is 1. The van der Waals surface area contributed by atoms with E-state index < -0.39 is 0 Å². The third-order valence-electron chi connectivity index (χ3n) is 4.20. The fraction of sp³-hybridized carbons (Fsp3) is 0.409. The summed E-state index contributed by atoms with van der Waals surface area (Å²) in [6.07, 6.45) is 0. The smallest absolute Gasteiger partial charge is 0.261 e. The van der Waals surface area contributed by atoms with Crippen molar-refractivity contribution < 1.29 is 9.53 Å². The molecular weight excluding hydrogens is 310 g/mol. The lowest BCUT2D eigenvalue weighted by Gasteiger charge is -2.35. The SMILES string of the molecule is CC(C)c1ccc(OCC(=O)N(Cc2ccccc2)C(C)(C)C)cc1. The van der Waals surface area contributed by atoms with Crippen LogP contribution in [0.2, 0.25) is 0 Å². The highest BCUT2D eigenvalue weighted by Crippen LogP contribution is 2.20. The molecule has 0 heterocycles. The van der Waals surface area contributed by atoms with Crippen molar-refractivity contribution in [3.05, 3.63) is 65.7 Å². The Morgan fingerprint density at radius 3 is 2.12 bits per heavy atom. The molecule has 0 spiro atoms. The van der Waals surface area contributed by atoms with Gasteiger partial charge in [-0.05, 0) is 49.9 Å². The molecule has 3 nitrogen and oxygen atoms in total. The molecule has 2 aromatic rings. The summed E-state index contributed by atoms with van der Waals surface area (Å²) in [6, 6.07) is 18.0. The molecule has 0 radical (unpaired) electrons. The van der Waals surface area contributed by atoms with E-state index in [9.17, 15) is 4.79 Å². The van der Waals surface area contributed by atoms with Crippen LogP contribution >= 0.6 is 0 Å². The highest BCUT2D eigenvalue weighted by atomic mass is 16.5. The van der Waals surface area contributed by atoms with Crippen LogP contribution in [0.3, 0.4) is 0 Å². The zero-order valence-electron chi connectivity index (χ0n) is 16.0. The number of carbonyl (C=O) groups is 1. The minimum Gasteiger partial charge on any atom is -0.484 e. The average Bonchev–Trinajstić information content (AvgIpc) is 2.58. The molecule has 0 atom stereocenters. The molecular formula is C22H29NO2. The Balaban J connectivity index is 2.02. The van der Waals surface area contributed by atoms with Crippen LogP contribution in [0.25, 0.3) is 0 Å². The van der Waals surface area contributed by atoms with Gasteiger partial charge in [0.15, 0.2) is 6.61 Å². The first-order valence-electron chi connectivity index (χ1n) is 8.84. The van der Waals surface area contributed by atoms with Crippen molar-refractivity contribution in [1.29, 1.82) is 0 Å². The summed E-state index contributed by atoms with van der Waals surface area (Å²) in [7, 11) is 0. The molecule has 0 aliphatic rings. The first-order chi connectivity index (χ1) is 11.8. The third kappa shape index (κ3) is 5.63. The first-order valence-corrected chi connectivity index (χ1v) is 8.84. The second-order valence-corrected chi connectivity index (χ2v) is 7.65. The Bertz CT molecular complexity index is 669. The van der Waals surface area contributed by atoms with E-state index in [0.717, 1.165) is 11.3 Å².